The number of hydrogen-bond donors (Lipinski definition) is 1. The van der Waals surface area contributed by atoms with Crippen LogP contribution < -0.4 is 0 Å². The zero-order valence-corrected chi connectivity index (χ0v) is 12.9. The molecule has 1 N–H and O–H groups in total. The summed E-state index contributed by atoms with van der Waals surface area (Å²) in [6.07, 6.45) is 6.78. The molecule has 4 heteroatoms. The molecule has 3 aliphatic rings. The predicted octanol–water partition coefficient (Wildman–Crippen LogP) is 3.08. The minimum atomic E-state index is -0.520. The van der Waals surface area contributed by atoms with Crippen LogP contribution >= 0.6 is 0 Å². The standard InChI is InChI=1S/C16H27NO3/c1-15(2,3)20-14(18)17-12-5-4-6-13(17)10-16(19,9-12)11-7-8-11/h11-13,19H,4-10H2,1-3H3. The molecule has 1 aliphatic carbocycles. The Bertz CT molecular complexity index is 383. The number of piperidine rings is 2. The van der Waals surface area contributed by atoms with E-state index >= 15 is 0 Å². The van der Waals surface area contributed by atoms with Crippen LogP contribution in [0.3, 0.4) is 0 Å². The van der Waals surface area contributed by atoms with E-state index in [0.29, 0.717) is 5.92 Å². The van der Waals surface area contributed by atoms with Gasteiger partial charge in [0, 0.05) is 12.1 Å². The number of aliphatic hydroxyl groups is 1. The molecule has 2 atom stereocenters. The van der Waals surface area contributed by atoms with Gasteiger partial charge in [0.1, 0.15) is 5.60 Å². The zero-order chi connectivity index (χ0) is 14.5. The van der Waals surface area contributed by atoms with Gasteiger partial charge in [0.15, 0.2) is 0 Å². The highest BCUT2D eigenvalue weighted by Gasteiger charge is 2.53. The molecule has 2 unspecified atom stereocenters. The predicted molar refractivity (Wildman–Crippen MR) is 76.4 cm³/mol. The number of carbonyl (C=O) groups is 1. The number of fused-ring (bicyclic) bond motifs is 2. The summed E-state index contributed by atoms with van der Waals surface area (Å²) in [5.41, 5.74) is -0.968. The maximum atomic E-state index is 12.4. The number of rotatable bonds is 1. The minimum absolute atomic E-state index is 0.169. The Kier molecular flexibility index (Phi) is 3.27. The molecule has 2 saturated heterocycles. The van der Waals surface area contributed by atoms with E-state index in [1.165, 1.54) is 0 Å². The van der Waals surface area contributed by atoms with Gasteiger partial charge < -0.3 is 14.7 Å². The summed E-state index contributed by atoms with van der Waals surface area (Å²) in [5, 5.41) is 10.9. The van der Waals surface area contributed by atoms with Crippen LogP contribution in [0, 0.1) is 5.92 Å². The molecule has 20 heavy (non-hydrogen) atoms. The quantitative estimate of drug-likeness (QED) is 0.803. The van der Waals surface area contributed by atoms with Gasteiger partial charge in [-0.05, 0) is 71.6 Å². The highest BCUT2D eigenvalue weighted by molar-refractivity contribution is 5.69. The van der Waals surface area contributed by atoms with E-state index in [1.807, 2.05) is 25.7 Å². The largest absolute Gasteiger partial charge is 0.444 e. The number of hydrogen-bond acceptors (Lipinski definition) is 3. The van der Waals surface area contributed by atoms with E-state index in [1.54, 1.807) is 0 Å². The fourth-order valence-corrected chi connectivity index (χ4v) is 4.03. The SMILES string of the molecule is CC(C)(C)OC(=O)N1C2CCCC1CC(O)(C1CC1)C2. The second-order valence-corrected chi connectivity index (χ2v) is 7.91. The van der Waals surface area contributed by atoms with Gasteiger partial charge in [-0.3, -0.25) is 0 Å². The van der Waals surface area contributed by atoms with E-state index < -0.39 is 11.2 Å². The fraction of sp³-hybridized carbons (Fsp3) is 0.938. The molecule has 2 aliphatic heterocycles. The van der Waals surface area contributed by atoms with Crippen LogP contribution in [0.1, 0.15) is 65.7 Å². The van der Waals surface area contributed by atoms with Crippen LogP contribution in [0.25, 0.3) is 0 Å². The van der Waals surface area contributed by atoms with Crippen molar-refractivity contribution in [2.75, 3.05) is 0 Å². The van der Waals surface area contributed by atoms with Crippen molar-refractivity contribution < 1.29 is 14.6 Å². The normalized spacial score (nSPS) is 37.7. The second-order valence-electron chi connectivity index (χ2n) is 7.91. The molecule has 3 fully saturated rings. The molecular weight excluding hydrogens is 254 g/mol. The molecule has 3 rings (SSSR count). The first-order chi connectivity index (χ1) is 9.28. The van der Waals surface area contributed by atoms with Gasteiger partial charge in [0.05, 0.1) is 5.60 Å². The number of amides is 1. The summed E-state index contributed by atoms with van der Waals surface area (Å²) in [6, 6.07) is 0.339. The Hall–Kier alpha value is -0.770. The Morgan fingerprint density at radius 1 is 1.15 bits per heavy atom. The van der Waals surface area contributed by atoms with Crippen molar-refractivity contribution >= 4 is 6.09 Å². The van der Waals surface area contributed by atoms with Gasteiger partial charge in [-0.25, -0.2) is 4.79 Å². The van der Waals surface area contributed by atoms with Crippen molar-refractivity contribution in [2.24, 2.45) is 5.92 Å². The second kappa shape index (κ2) is 4.62. The van der Waals surface area contributed by atoms with Gasteiger partial charge >= 0.3 is 6.09 Å². The van der Waals surface area contributed by atoms with Crippen LogP contribution in [0.2, 0.25) is 0 Å². The lowest BCUT2D eigenvalue weighted by molar-refractivity contribution is -0.103. The maximum absolute atomic E-state index is 12.4. The van der Waals surface area contributed by atoms with E-state index in [2.05, 4.69) is 0 Å². The smallest absolute Gasteiger partial charge is 0.410 e. The van der Waals surface area contributed by atoms with Crippen molar-refractivity contribution in [1.82, 2.24) is 4.90 Å². The first-order valence-electron chi connectivity index (χ1n) is 8.02. The van der Waals surface area contributed by atoms with Crippen molar-refractivity contribution in [3.8, 4) is 0 Å². The fourth-order valence-electron chi connectivity index (χ4n) is 4.03. The monoisotopic (exact) mass is 281 g/mol. The minimum Gasteiger partial charge on any atom is -0.444 e. The van der Waals surface area contributed by atoms with Crippen molar-refractivity contribution in [2.45, 2.75) is 89.0 Å². The zero-order valence-electron chi connectivity index (χ0n) is 12.9. The van der Waals surface area contributed by atoms with Crippen molar-refractivity contribution in [1.29, 1.82) is 0 Å². The Morgan fingerprint density at radius 2 is 1.70 bits per heavy atom. The van der Waals surface area contributed by atoms with Crippen LogP contribution in [-0.4, -0.2) is 39.4 Å². The van der Waals surface area contributed by atoms with Crippen LogP contribution in [-0.2, 0) is 4.74 Å². The molecule has 0 aromatic carbocycles. The lowest BCUT2D eigenvalue weighted by Gasteiger charge is -2.52. The van der Waals surface area contributed by atoms with Crippen LogP contribution in [0.5, 0.6) is 0 Å². The molecule has 114 valence electrons. The third-order valence-electron chi connectivity index (χ3n) is 4.98. The number of carbonyl (C=O) groups excluding carboxylic acids is 1. The summed E-state index contributed by atoms with van der Waals surface area (Å²) in [7, 11) is 0. The molecule has 0 spiro atoms. The highest BCUT2D eigenvalue weighted by Crippen LogP contribution is 2.50. The maximum Gasteiger partial charge on any atom is 0.410 e. The van der Waals surface area contributed by atoms with E-state index in [4.69, 9.17) is 4.74 Å². The molecule has 4 nitrogen and oxygen atoms in total. The van der Waals surface area contributed by atoms with Crippen molar-refractivity contribution in [3.05, 3.63) is 0 Å². The van der Waals surface area contributed by atoms with Gasteiger partial charge in [-0.2, -0.15) is 0 Å². The molecule has 2 bridgehead atoms. The molecule has 0 aromatic rings. The lowest BCUT2D eigenvalue weighted by Crippen LogP contribution is -2.61. The lowest BCUT2D eigenvalue weighted by atomic mass is 9.73. The average molecular weight is 281 g/mol. The molecule has 0 radical (unpaired) electrons. The Balaban J connectivity index is 1.75. The van der Waals surface area contributed by atoms with Gasteiger partial charge in [0.25, 0.3) is 0 Å². The van der Waals surface area contributed by atoms with E-state index in [9.17, 15) is 9.90 Å². The molecule has 1 amide bonds. The molecule has 0 aromatic heterocycles. The summed E-state index contributed by atoms with van der Waals surface area (Å²) in [4.78, 5) is 14.4. The van der Waals surface area contributed by atoms with Gasteiger partial charge in [0.2, 0.25) is 0 Å². The summed E-state index contributed by atoms with van der Waals surface area (Å²) < 4.78 is 5.56. The van der Waals surface area contributed by atoms with Crippen molar-refractivity contribution in [3.63, 3.8) is 0 Å². The van der Waals surface area contributed by atoms with Crippen LogP contribution in [0.4, 0.5) is 4.79 Å². The molecule has 2 heterocycles. The van der Waals surface area contributed by atoms with E-state index in [0.717, 1.165) is 44.9 Å². The number of ether oxygens (including phenoxy) is 1. The summed E-state index contributed by atoms with van der Waals surface area (Å²) in [5.74, 6) is 0.478. The number of nitrogens with zero attached hydrogens (tertiary/aromatic N) is 1. The van der Waals surface area contributed by atoms with Gasteiger partial charge in [-0.1, -0.05) is 0 Å². The summed E-state index contributed by atoms with van der Waals surface area (Å²) >= 11 is 0. The van der Waals surface area contributed by atoms with Crippen LogP contribution in [0.15, 0.2) is 0 Å². The molecular formula is C16H27NO3. The first kappa shape index (κ1) is 14.2. The third-order valence-corrected chi connectivity index (χ3v) is 4.98. The Labute approximate surface area is 121 Å². The molecule has 1 saturated carbocycles. The first-order valence-corrected chi connectivity index (χ1v) is 8.02. The highest BCUT2D eigenvalue weighted by atomic mass is 16.6. The average Bonchev–Trinajstić information content (AvgIpc) is 3.08. The Morgan fingerprint density at radius 3 is 2.15 bits per heavy atom. The third kappa shape index (κ3) is 2.67. The van der Waals surface area contributed by atoms with E-state index in [-0.39, 0.29) is 18.2 Å². The summed E-state index contributed by atoms with van der Waals surface area (Å²) in [6.45, 7) is 5.72. The topological polar surface area (TPSA) is 49.8 Å². The van der Waals surface area contributed by atoms with Gasteiger partial charge in [-0.15, -0.1) is 0 Å².